The van der Waals surface area contributed by atoms with E-state index in [2.05, 4.69) is 4.98 Å². The zero-order valence-corrected chi connectivity index (χ0v) is 13.4. The summed E-state index contributed by atoms with van der Waals surface area (Å²) in [4.78, 5) is 27.3. The number of benzene rings is 1. The van der Waals surface area contributed by atoms with E-state index < -0.39 is 17.6 Å². The Morgan fingerprint density at radius 2 is 2.04 bits per heavy atom. The molecule has 1 aliphatic rings. The van der Waals surface area contributed by atoms with E-state index in [1.54, 1.807) is 19.9 Å². The first kappa shape index (κ1) is 15.3. The van der Waals surface area contributed by atoms with Gasteiger partial charge in [-0.2, -0.15) is 0 Å². The number of pyridine rings is 1. The van der Waals surface area contributed by atoms with Crippen molar-refractivity contribution in [3.63, 3.8) is 0 Å². The fourth-order valence-corrected chi connectivity index (χ4v) is 2.92. The molecule has 0 saturated heterocycles. The molecule has 5 heteroatoms. The Morgan fingerprint density at radius 1 is 1.30 bits per heavy atom. The van der Waals surface area contributed by atoms with Gasteiger partial charge in [0.1, 0.15) is 17.4 Å². The number of nitrogens with one attached hydrogen (secondary N) is 1. The first-order chi connectivity index (χ1) is 11.0. The maximum atomic E-state index is 12.5. The molecule has 0 radical (unpaired) electrons. The van der Waals surface area contributed by atoms with Gasteiger partial charge in [-0.3, -0.25) is 4.79 Å². The van der Waals surface area contributed by atoms with E-state index >= 15 is 0 Å². The fourth-order valence-electron chi connectivity index (χ4n) is 2.92. The average Bonchev–Trinajstić information content (AvgIpc) is 2.49. The number of rotatable bonds is 2. The number of para-hydroxylation sites is 1. The Hall–Kier alpha value is -2.56. The minimum Gasteiger partial charge on any atom is -0.493 e. The highest BCUT2D eigenvalue weighted by Gasteiger charge is 2.32. The second-order valence-electron chi connectivity index (χ2n) is 5.99. The highest BCUT2D eigenvalue weighted by Crippen LogP contribution is 2.37. The molecule has 1 aliphatic heterocycles. The lowest BCUT2D eigenvalue weighted by atomic mass is 9.94. The summed E-state index contributed by atoms with van der Waals surface area (Å²) in [7, 11) is 0. The third-order valence-corrected chi connectivity index (χ3v) is 4.05. The molecule has 0 aliphatic carbocycles. The van der Waals surface area contributed by atoms with Crippen LogP contribution in [0.15, 0.2) is 35.1 Å². The van der Waals surface area contributed by atoms with Crippen LogP contribution in [0.5, 0.6) is 5.75 Å². The Kier molecular flexibility index (Phi) is 3.94. The monoisotopic (exact) mass is 313 g/mol. The van der Waals surface area contributed by atoms with Gasteiger partial charge in [0, 0.05) is 17.2 Å². The Morgan fingerprint density at radius 3 is 2.78 bits per heavy atom. The van der Waals surface area contributed by atoms with E-state index in [1.807, 2.05) is 31.2 Å². The van der Waals surface area contributed by atoms with E-state index in [0.29, 0.717) is 17.9 Å². The van der Waals surface area contributed by atoms with Crippen molar-refractivity contribution in [3.05, 3.63) is 63.1 Å². The fraction of sp³-hybridized carbons (Fsp3) is 0.333. The van der Waals surface area contributed by atoms with Crippen LogP contribution in [0.4, 0.5) is 0 Å². The van der Waals surface area contributed by atoms with Crippen LogP contribution in [-0.4, -0.2) is 17.6 Å². The average molecular weight is 313 g/mol. The van der Waals surface area contributed by atoms with E-state index in [4.69, 9.17) is 9.47 Å². The van der Waals surface area contributed by atoms with Gasteiger partial charge in [0.05, 0.1) is 6.61 Å². The van der Waals surface area contributed by atoms with Crippen molar-refractivity contribution < 1.29 is 14.3 Å². The van der Waals surface area contributed by atoms with Gasteiger partial charge in [-0.05, 0) is 31.5 Å². The zero-order valence-electron chi connectivity index (χ0n) is 13.4. The number of aryl methyl sites for hydroxylation is 2. The first-order valence-electron chi connectivity index (χ1n) is 7.60. The van der Waals surface area contributed by atoms with Crippen molar-refractivity contribution >= 4 is 5.97 Å². The molecular weight excluding hydrogens is 294 g/mol. The third-order valence-electron chi connectivity index (χ3n) is 4.05. The number of H-pyrrole nitrogens is 1. The molecule has 0 bridgehead atoms. The quantitative estimate of drug-likeness (QED) is 0.866. The van der Waals surface area contributed by atoms with Gasteiger partial charge in [-0.25, -0.2) is 4.79 Å². The van der Waals surface area contributed by atoms with Crippen LogP contribution in [0.25, 0.3) is 0 Å². The van der Waals surface area contributed by atoms with Gasteiger partial charge in [0.2, 0.25) is 0 Å². The number of hydrogen-bond acceptors (Lipinski definition) is 4. The van der Waals surface area contributed by atoms with Gasteiger partial charge < -0.3 is 14.5 Å². The maximum absolute atomic E-state index is 12.5. The van der Waals surface area contributed by atoms with Crippen LogP contribution in [0, 0.1) is 19.8 Å². The number of fused-ring (bicyclic) bond motifs is 1. The molecule has 1 aromatic carbocycles. The van der Waals surface area contributed by atoms with Crippen LogP contribution in [-0.2, 0) is 4.74 Å². The Labute approximate surface area is 134 Å². The summed E-state index contributed by atoms with van der Waals surface area (Å²) in [6.07, 6.45) is -0.424. The largest absolute Gasteiger partial charge is 0.493 e. The summed E-state index contributed by atoms with van der Waals surface area (Å²) in [6, 6.07) is 9.26. The molecule has 5 nitrogen and oxygen atoms in total. The molecule has 120 valence electrons. The number of carbonyl (C=O) groups is 1. The van der Waals surface area contributed by atoms with E-state index in [0.717, 1.165) is 11.3 Å². The summed E-state index contributed by atoms with van der Waals surface area (Å²) in [5.74, 6) is 0.133. The van der Waals surface area contributed by atoms with Gasteiger partial charge in [-0.1, -0.05) is 25.1 Å². The molecule has 0 fully saturated rings. The molecular formula is C18H19NO4. The van der Waals surface area contributed by atoms with Crippen LogP contribution in [0.2, 0.25) is 0 Å². The topological polar surface area (TPSA) is 68.4 Å². The number of esters is 1. The highest BCUT2D eigenvalue weighted by molar-refractivity contribution is 5.90. The molecule has 0 spiro atoms. The summed E-state index contributed by atoms with van der Waals surface area (Å²) in [5, 5.41) is 0. The normalized spacial score (nSPS) is 19.6. The molecule has 2 atom stereocenters. The molecule has 1 aromatic heterocycles. The minimum absolute atomic E-state index is 0.0127. The Balaban J connectivity index is 1.93. The van der Waals surface area contributed by atoms with Crippen molar-refractivity contribution in [1.29, 1.82) is 0 Å². The summed E-state index contributed by atoms with van der Waals surface area (Å²) < 4.78 is 11.3. The highest BCUT2D eigenvalue weighted by atomic mass is 16.6. The van der Waals surface area contributed by atoms with Crippen LogP contribution < -0.4 is 10.3 Å². The predicted molar refractivity (Wildman–Crippen MR) is 85.8 cm³/mol. The molecule has 1 N–H and O–H groups in total. The van der Waals surface area contributed by atoms with Gasteiger partial charge in [0.15, 0.2) is 0 Å². The summed E-state index contributed by atoms with van der Waals surface area (Å²) in [5.41, 5.74) is 1.81. The van der Waals surface area contributed by atoms with Crippen molar-refractivity contribution in [3.8, 4) is 5.75 Å². The lowest BCUT2D eigenvalue weighted by Crippen LogP contribution is -2.30. The summed E-state index contributed by atoms with van der Waals surface area (Å²) in [6.45, 7) is 5.94. The predicted octanol–water partition coefficient (Wildman–Crippen LogP) is 2.92. The van der Waals surface area contributed by atoms with Crippen LogP contribution >= 0.6 is 0 Å². The Bertz CT molecular complexity index is 809. The van der Waals surface area contributed by atoms with Crippen molar-refractivity contribution in [2.75, 3.05) is 6.61 Å². The maximum Gasteiger partial charge on any atom is 0.344 e. The molecule has 2 heterocycles. The zero-order chi connectivity index (χ0) is 16.6. The molecule has 0 amide bonds. The molecule has 2 aromatic rings. The van der Waals surface area contributed by atoms with Gasteiger partial charge in [0.25, 0.3) is 5.56 Å². The second kappa shape index (κ2) is 5.91. The standard InChI is InChI=1S/C18H19NO4/c1-10-8-12(3)19-17(20)15(10)18(21)23-16-11(2)9-22-14-7-5-4-6-13(14)16/h4-8,11,16H,9H2,1-3H3,(H,19,20)/t11-,16-/m1/s1. The van der Waals surface area contributed by atoms with Crippen molar-refractivity contribution in [2.45, 2.75) is 26.9 Å². The van der Waals surface area contributed by atoms with Crippen LogP contribution in [0.1, 0.15) is 40.2 Å². The SMILES string of the molecule is Cc1cc(C)c(C(=O)O[C@H]2c3ccccc3OC[C@H]2C)c(=O)[nH]1. The van der Waals surface area contributed by atoms with Crippen molar-refractivity contribution in [1.82, 2.24) is 4.98 Å². The molecule has 0 unspecified atom stereocenters. The lowest BCUT2D eigenvalue weighted by molar-refractivity contribution is -0.000468. The number of hydrogen-bond donors (Lipinski definition) is 1. The number of carbonyl (C=O) groups excluding carboxylic acids is 1. The smallest absolute Gasteiger partial charge is 0.344 e. The second-order valence-corrected chi connectivity index (χ2v) is 5.99. The minimum atomic E-state index is -0.600. The first-order valence-corrected chi connectivity index (χ1v) is 7.60. The van der Waals surface area contributed by atoms with Crippen molar-refractivity contribution in [2.24, 2.45) is 5.92 Å². The molecule has 0 saturated carbocycles. The number of aromatic amines is 1. The summed E-state index contributed by atoms with van der Waals surface area (Å²) >= 11 is 0. The molecule has 23 heavy (non-hydrogen) atoms. The van der Waals surface area contributed by atoms with Gasteiger partial charge >= 0.3 is 5.97 Å². The number of aromatic nitrogens is 1. The molecule has 3 rings (SSSR count). The van der Waals surface area contributed by atoms with E-state index in [1.165, 1.54) is 0 Å². The van der Waals surface area contributed by atoms with E-state index in [-0.39, 0.29) is 11.5 Å². The lowest BCUT2D eigenvalue weighted by Gasteiger charge is -2.31. The number of ether oxygens (including phenoxy) is 2. The van der Waals surface area contributed by atoms with E-state index in [9.17, 15) is 9.59 Å². The third kappa shape index (κ3) is 2.86. The van der Waals surface area contributed by atoms with Crippen LogP contribution in [0.3, 0.4) is 0 Å². The van der Waals surface area contributed by atoms with Gasteiger partial charge in [-0.15, -0.1) is 0 Å².